The van der Waals surface area contributed by atoms with Crippen LogP contribution in [-0.4, -0.2) is 97.3 Å². The van der Waals surface area contributed by atoms with Gasteiger partial charge in [-0.05, 0) is 0 Å². The van der Waals surface area contributed by atoms with Gasteiger partial charge in [0.2, 0.25) is 8.80 Å². The highest BCUT2D eigenvalue weighted by Crippen LogP contribution is 2.31. The summed E-state index contributed by atoms with van der Waals surface area (Å²) in [5, 5.41) is -2.04. The molecule has 0 aliphatic rings. The van der Waals surface area contributed by atoms with Gasteiger partial charge in [0.25, 0.3) is 0 Å². The Kier molecular flexibility index (Phi) is 7.83. The van der Waals surface area contributed by atoms with Gasteiger partial charge in [0.15, 0.2) is 0 Å². The van der Waals surface area contributed by atoms with Crippen molar-refractivity contribution >= 4 is 39.5 Å². The van der Waals surface area contributed by atoms with Crippen LogP contribution in [0.5, 0.6) is 0 Å². The van der Waals surface area contributed by atoms with Gasteiger partial charge in [-0.15, -0.1) is 0 Å². The zero-order valence-corrected chi connectivity index (χ0v) is 20.7. The smallest absolute Gasteiger partial charge is 0.227 e. The van der Waals surface area contributed by atoms with Crippen molar-refractivity contribution in [2.75, 3.05) is 42.7 Å². The van der Waals surface area contributed by atoms with E-state index in [1.54, 1.807) is 42.7 Å². The van der Waals surface area contributed by atoms with E-state index in [0.29, 0.717) is 30.7 Å². The third-order valence-electron chi connectivity index (χ3n) is 4.00. The van der Waals surface area contributed by atoms with Gasteiger partial charge in [0.1, 0.15) is 15.1 Å². The minimum absolute atomic E-state index is 0.675. The molecule has 0 unspecified atom stereocenters. The second-order valence-electron chi connectivity index (χ2n) is 4.71. The fourth-order valence-electron chi connectivity index (χ4n) is 2.39. The van der Waals surface area contributed by atoms with Gasteiger partial charge in [-0.2, -0.15) is 0 Å². The first kappa shape index (κ1) is 19.6. The topological polar surface area (TPSA) is 55.4 Å². The molecule has 0 aliphatic heterocycles. The molecule has 0 N–H and O–H groups in total. The Balaban J connectivity index is 5.88. The quantitative estimate of drug-likeness (QED) is 0.312. The van der Waals surface area contributed by atoms with E-state index in [1.807, 2.05) is 0 Å². The molecule has 0 heterocycles. The second-order valence-corrected chi connectivity index (χ2v) is 16.4. The Morgan fingerprint density at radius 2 is 0.684 bits per heavy atom. The van der Waals surface area contributed by atoms with Gasteiger partial charge in [-0.1, -0.05) is 0 Å². The molecule has 0 bridgehead atoms. The molecule has 0 aromatic rings. The third-order valence-corrected chi connectivity index (χ3v) is 16.2. The van der Waals surface area contributed by atoms with Crippen LogP contribution in [0.2, 0.25) is 0 Å². The summed E-state index contributed by atoms with van der Waals surface area (Å²) in [4.78, 5) is 0. The van der Waals surface area contributed by atoms with E-state index in [4.69, 9.17) is 28.4 Å². The SMILES string of the molecule is COC([SiH3])(OC)[SiH](C([SiH3])(OC)OC)C([SiH3])(OC)OC. The highest BCUT2D eigenvalue weighted by Gasteiger charge is 2.60. The normalized spacial score (nSPS) is 16.1. The molecule has 0 aromatic heterocycles. The molecule has 116 valence electrons. The highest BCUT2D eigenvalue weighted by atomic mass is 28.3. The van der Waals surface area contributed by atoms with Crippen LogP contribution in [0.1, 0.15) is 0 Å². The third kappa shape index (κ3) is 3.84. The zero-order valence-electron chi connectivity index (χ0n) is 13.5. The summed E-state index contributed by atoms with van der Waals surface area (Å²) in [7, 11) is 9.85. The minimum atomic E-state index is -2.07. The van der Waals surface area contributed by atoms with Crippen LogP contribution in [-0.2, 0) is 28.4 Å². The van der Waals surface area contributed by atoms with Crippen LogP contribution in [0.4, 0.5) is 0 Å². The summed E-state index contributed by atoms with van der Waals surface area (Å²) in [6, 6.07) is 0. The second kappa shape index (κ2) is 7.58. The average molecular weight is 345 g/mol. The Morgan fingerprint density at radius 1 is 0.526 bits per heavy atom. The predicted octanol–water partition coefficient (Wildman–Crippen LogP) is -4.23. The Bertz CT molecular complexity index is 225. The summed E-state index contributed by atoms with van der Waals surface area (Å²) in [5.41, 5.74) is 0. The monoisotopic (exact) mass is 344 g/mol. The molecule has 6 nitrogen and oxygen atoms in total. The maximum Gasteiger partial charge on any atom is 0.227 e. The van der Waals surface area contributed by atoms with Crippen LogP contribution in [0.15, 0.2) is 0 Å². The molecule has 0 aromatic carbocycles. The summed E-state index contributed by atoms with van der Waals surface area (Å²) >= 11 is 0. The minimum Gasteiger partial charge on any atom is -0.361 e. The van der Waals surface area contributed by atoms with Crippen molar-refractivity contribution in [3.05, 3.63) is 0 Å². The maximum atomic E-state index is 5.67. The van der Waals surface area contributed by atoms with Crippen LogP contribution >= 0.6 is 0 Å². The van der Waals surface area contributed by atoms with E-state index in [0.717, 1.165) is 0 Å². The molecule has 10 heteroatoms. The van der Waals surface area contributed by atoms with Crippen molar-refractivity contribution in [3.8, 4) is 0 Å². The van der Waals surface area contributed by atoms with Crippen LogP contribution < -0.4 is 0 Å². The molecule has 0 spiro atoms. The molecule has 0 atom stereocenters. The van der Waals surface area contributed by atoms with E-state index < -0.39 is 23.9 Å². The van der Waals surface area contributed by atoms with Gasteiger partial charge in [0, 0.05) is 42.7 Å². The van der Waals surface area contributed by atoms with Crippen LogP contribution in [0.25, 0.3) is 0 Å². The van der Waals surface area contributed by atoms with Crippen molar-refractivity contribution in [3.63, 3.8) is 0 Å². The first-order valence-electron chi connectivity index (χ1n) is 6.04. The summed E-state index contributed by atoms with van der Waals surface area (Å²) in [6.45, 7) is 0. The van der Waals surface area contributed by atoms with Crippen LogP contribution in [0.3, 0.4) is 0 Å². The van der Waals surface area contributed by atoms with Gasteiger partial charge in [-0.25, -0.2) is 0 Å². The lowest BCUT2D eigenvalue weighted by Gasteiger charge is -2.50. The number of methoxy groups -OCH3 is 6. The molecule has 0 rings (SSSR count). The number of ether oxygens (including phenoxy) is 6. The Morgan fingerprint density at radius 3 is 0.789 bits per heavy atom. The van der Waals surface area contributed by atoms with Crippen molar-refractivity contribution in [2.45, 2.75) is 15.1 Å². The first-order valence-corrected chi connectivity index (χ1v) is 10.8. The molecular formula is C9H28O6Si4. The fraction of sp³-hybridized carbons (Fsp3) is 1.00. The molecule has 0 amide bonds. The molecule has 0 fully saturated rings. The highest BCUT2D eigenvalue weighted by molar-refractivity contribution is 6.83. The molecule has 0 saturated carbocycles. The molecular weight excluding hydrogens is 316 g/mol. The lowest BCUT2D eigenvalue weighted by atomic mass is 11.2. The maximum absolute atomic E-state index is 5.67. The number of hydrogen-bond acceptors (Lipinski definition) is 6. The van der Waals surface area contributed by atoms with Gasteiger partial charge >= 0.3 is 0 Å². The lowest BCUT2D eigenvalue weighted by molar-refractivity contribution is -0.159. The van der Waals surface area contributed by atoms with Crippen molar-refractivity contribution in [1.29, 1.82) is 0 Å². The van der Waals surface area contributed by atoms with Gasteiger partial charge in [0.05, 0.1) is 30.7 Å². The number of rotatable bonds is 9. The van der Waals surface area contributed by atoms with E-state index >= 15 is 0 Å². The fourth-order valence-corrected chi connectivity index (χ4v) is 21.3. The van der Waals surface area contributed by atoms with Gasteiger partial charge < -0.3 is 28.4 Å². The Hall–Kier alpha value is 0.628. The Labute approximate surface area is 126 Å². The zero-order chi connectivity index (χ0) is 15.3. The van der Waals surface area contributed by atoms with Crippen molar-refractivity contribution in [1.82, 2.24) is 0 Å². The molecule has 19 heavy (non-hydrogen) atoms. The largest absolute Gasteiger partial charge is 0.361 e. The van der Waals surface area contributed by atoms with E-state index in [9.17, 15) is 0 Å². The number of hydrogen-bond donors (Lipinski definition) is 0. The van der Waals surface area contributed by atoms with Crippen LogP contribution in [0, 0.1) is 0 Å². The predicted molar refractivity (Wildman–Crippen MR) is 87.2 cm³/mol. The lowest BCUT2D eigenvalue weighted by Crippen LogP contribution is -2.76. The summed E-state index contributed by atoms with van der Waals surface area (Å²) < 4.78 is 34.0. The summed E-state index contributed by atoms with van der Waals surface area (Å²) in [5.74, 6) is 0. The van der Waals surface area contributed by atoms with E-state index in [1.165, 1.54) is 0 Å². The average Bonchev–Trinajstić information content (AvgIpc) is 2.46. The van der Waals surface area contributed by atoms with Crippen molar-refractivity contribution in [2.24, 2.45) is 0 Å². The molecule has 0 radical (unpaired) electrons. The van der Waals surface area contributed by atoms with E-state index in [-0.39, 0.29) is 0 Å². The van der Waals surface area contributed by atoms with Gasteiger partial charge in [-0.3, -0.25) is 0 Å². The summed E-state index contributed by atoms with van der Waals surface area (Å²) in [6.07, 6.45) is 0. The standard InChI is InChI=1S/C9H28O6Si4/c1-10-7(16,11-2)19(8(17,12-3)13-4)9(18,14-5)15-6/h19H,1-6,16-18H3. The van der Waals surface area contributed by atoms with Crippen molar-refractivity contribution < 1.29 is 28.4 Å². The molecule has 0 aliphatic carbocycles. The molecule has 0 saturated heterocycles. The van der Waals surface area contributed by atoms with E-state index in [2.05, 4.69) is 0 Å². The first-order chi connectivity index (χ1) is 8.73.